The molecule has 0 heterocycles. The minimum Gasteiger partial charge on any atom is -0.490 e. The van der Waals surface area contributed by atoms with Gasteiger partial charge in [-0.3, -0.25) is 4.79 Å². The summed E-state index contributed by atoms with van der Waals surface area (Å²) in [6, 6.07) is 7.92. The summed E-state index contributed by atoms with van der Waals surface area (Å²) in [6.45, 7) is 10.8. The fourth-order valence-corrected chi connectivity index (χ4v) is 4.09. The molecule has 0 aromatic heterocycles. The van der Waals surface area contributed by atoms with Crippen LogP contribution in [0.5, 0.6) is 5.75 Å². The van der Waals surface area contributed by atoms with Crippen LogP contribution in [0.15, 0.2) is 42.5 Å². The van der Waals surface area contributed by atoms with Gasteiger partial charge in [0.15, 0.2) is 5.78 Å². The van der Waals surface area contributed by atoms with Crippen LogP contribution < -0.4 is 4.74 Å². The second-order valence-corrected chi connectivity index (χ2v) is 7.24. The first-order valence-corrected chi connectivity index (χ1v) is 8.00. The predicted molar refractivity (Wildman–Crippen MR) is 89.7 cm³/mol. The number of carbonyl (C=O) groups excluding carboxylic acids is 1. The van der Waals surface area contributed by atoms with Crippen LogP contribution in [-0.4, -0.2) is 12.4 Å². The van der Waals surface area contributed by atoms with Gasteiger partial charge in [-0.15, -0.1) is 0 Å². The summed E-state index contributed by atoms with van der Waals surface area (Å²) in [5.41, 5.74) is 1.97. The molecule has 2 aliphatic carbocycles. The maximum Gasteiger partial charge on any atom is 0.165 e. The fourth-order valence-electron chi connectivity index (χ4n) is 4.09. The largest absolute Gasteiger partial charge is 0.490 e. The van der Waals surface area contributed by atoms with Gasteiger partial charge in [0.2, 0.25) is 0 Å². The Balaban J connectivity index is 1.87. The summed E-state index contributed by atoms with van der Waals surface area (Å²) in [5.74, 6) is 1.57. The fraction of sp³-hybridized carbons (Fsp3) is 0.450. The standard InChI is InChI=1S/C20H24O2/c1-5-12-22-15-8-6-14(7-9-15)13-16-17-10-11-20(4,18(16)21)19(17,2)3/h5-9,13,17H,1,10-12H2,2-4H3/b16-13+. The van der Waals surface area contributed by atoms with E-state index in [1.807, 2.05) is 24.3 Å². The minimum absolute atomic E-state index is 0.0724. The lowest BCUT2D eigenvalue weighted by Crippen LogP contribution is -2.32. The zero-order valence-electron chi connectivity index (χ0n) is 13.7. The lowest BCUT2D eigenvalue weighted by atomic mass is 9.70. The molecule has 2 saturated carbocycles. The van der Waals surface area contributed by atoms with Crippen LogP contribution >= 0.6 is 0 Å². The lowest BCUT2D eigenvalue weighted by molar-refractivity contribution is -0.125. The number of hydrogen-bond donors (Lipinski definition) is 0. The van der Waals surface area contributed by atoms with E-state index in [9.17, 15) is 4.79 Å². The Bertz CT molecular complexity index is 636. The van der Waals surface area contributed by atoms with Crippen LogP contribution in [0.3, 0.4) is 0 Å². The Labute approximate surface area is 132 Å². The van der Waals surface area contributed by atoms with E-state index >= 15 is 0 Å². The lowest BCUT2D eigenvalue weighted by Gasteiger charge is -2.31. The van der Waals surface area contributed by atoms with Crippen molar-refractivity contribution in [3.05, 3.63) is 48.1 Å². The second-order valence-electron chi connectivity index (χ2n) is 7.24. The van der Waals surface area contributed by atoms with Crippen molar-refractivity contribution < 1.29 is 9.53 Å². The van der Waals surface area contributed by atoms with Gasteiger partial charge in [0.1, 0.15) is 12.4 Å². The molecule has 0 spiro atoms. The smallest absolute Gasteiger partial charge is 0.165 e. The van der Waals surface area contributed by atoms with Gasteiger partial charge in [0, 0.05) is 5.41 Å². The van der Waals surface area contributed by atoms with Gasteiger partial charge in [-0.25, -0.2) is 0 Å². The Hall–Kier alpha value is -1.83. The van der Waals surface area contributed by atoms with E-state index in [2.05, 4.69) is 33.4 Å². The van der Waals surface area contributed by atoms with Crippen molar-refractivity contribution in [3.8, 4) is 5.75 Å². The van der Waals surface area contributed by atoms with Gasteiger partial charge in [-0.2, -0.15) is 0 Å². The molecule has 22 heavy (non-hydrogen) atoms. The number of fused-ring (bicyclic) bond motifs is 2. The van der Waals surface area contributed by atoms with E-state index in [4.69, 9.17) is 4.74 Å². The monoisotopic (exact) mass is 296 g/mol. The van der Waals surface area contributed by atoms with Crippen LogP contribution in [0.4, 0.5) is 0 Å². The van der Waals surface area contributed by atoms with Gasteiger partial charge in [0.25, 0.3) is 0 Å². The molecule has 0 saturated heterocycles. The summed E-state index contributed by atoms with van der Waals surface area (Å²) in [7, 11) is 0. The van der Waals surface area contributed by atoms with Crippen molar-refractivity contribution >= 4 is 11.9 Å². The number of Topliss-reactive ketones (excluding diaryl/α,β-unsaturated/α-hetero) is 1. The molecule has 0 radical (unpaired) electrons. The number of allylic oxidation sites excluding steroid dienone is 1. The van der Waals surface area contributed by atoms with Crippen molar-refractivity contribution in [1.29, 1.82) is 0 Å². The van der Waals surface area contributed by atoms with Gasteiger partial charge >= 0.3 is 0 Å². The SMILES string of the molecule is C=CCOc1ccc(/C=C2/C(=O)C3(C)CCC2C3(C)C)cc1. The van der Waals surface area contributed by atoms with Crippen LogP contribution in [0.25, 0.3) is 6.08 Å². The summed E-state index contributed by atoms with van der Waals surface area (Å²) in [6.07, 6.45) is 5.96. The predicted octanol–water partition coefficient (Wildman–Crippen LogP) is 4.66. The van der Waals surface area contributed by atoms with E-state index < -0.39 is 0 Å². The third-order valence-electron chi connectivity index (χ3n) is 5.94. The molecular weight excluding hydrogens is 272 g/mol. The molecule has 0 amide bonds. The summed E-state index contributed by atoms with van der Waals surface area (Å²) >= 11 is 0. The molecule has 2 nitrogen and oxygen atoms in total. The van der Waals surface area contributed by atoms with Gasteiger partial charge in [-0.1, -0.05) is 45.6 Å². The first-order valence-electron chi connectivity index (χ1n) is 8.00. The molecule has 2 bridgehead atoms. The van der Waals surface area contributed by atoms with Crippen molar-refractivity contribution in [2.45, 2.75) is 33.6 Å². The van der Waals surface area contributed by atoms with Crippen LogP contribution in [0.1, 0.15) is 39.2 Å². The molecule has 0 N–H and O–H groups in total. The highest BCUT2D eigenvalue weighted by Gasteiger charge is 2.63. The van der Waals surface area contributed by atoms with E-state index in [0.717, 1.165) is 29.7 Å². The van der Waals surface area contributed by atoms with Crippen molar-refractivity contribution in [2.75, 3.05) is 6.61 Å². The number of ether oxygens (including phenoxy) is 1. The first-order chi connectivity index (χ1) is 10.4. The van der Waals surface area contributed by atoms with Crippen molar-refractivity contribution in [1.82, 2.24) is 0 Å². The Morgan fingerprint density at radius 1 is 1.27 bits per heavy atom. The molecule has 1 aromatic rings. The first kappa shape index (κ1) is 15.1. The third kappa shape index (κ3) is 2.05. The molecule has 0 aliphatic heterocycles. The zero-order valence-corrected chi connectivity index (χ0v) is 13.7. The third-order valence-corrected chi connectivity index (χ3v) is 5.94. The average Bonchev–Trinajstić information content (AvgIpc) is 2.81. The molecule has 2 fully saturated rings. The van der Waals surface area contributed by atoms with Gasteiger partial charge < -0.3 is 4.74 Å². The normalized spacial score (nSPS) is 30.8. The molecule has 1 aromatic carbocycles. The minimum atomic E-state index is -0.184. The molecule has 2 atom stereocenters. The number of carbonyl (C=O) groups is 1. The number of hydrogen-bond acceptors (Lipinski definition) is 2. The quantitative estimate of drug-likeness (QED) is 0.596. The highest BCUT2D eigenvalue weighted by Crippen LogP contribution is 2.65. The van der Waals surface area contributed by atoms with E-state index in [-0.39, 0.29) is 10.8 Å². The van der Waals surface area contributed by atoms with E-state index in [1.165, 1.54) is 0 Å². The maximum absolute atomic E-state index is 12.8. The summed E-state index contributed by atoms with van der Waals surface area (Å²) in [5, 5.41) is 0. The highest BCUT2D eigenvalue weighted by atomic mass is 16.5. The Morgan fingerprint density at radius 2 is 1.95 bits per heavy atom. The van der Waals surface area contributed by atoms with Crippen LogP contribution in [-0.2, 0) is 4.79 Å². The molecule has 2 heteroatoms. The zero-order chi connectivity index (χ0) is 16.0. The van der Waals surface area contributed by atoms with Gasteiger partial charge in [-0.05, 0) is 53.5 Å². The second kappa shape index (κ2) is 5.12. The molecule has 116 valence electrons. The topological polar surface area (TPSA) is 26.3 Å². The summed E-state index contributed by atoms with van der Waals surface area (Å²) < 4.78 is 5.49. The van der Waals surface area contributed by atoms with Crippen LogP contribution in [0, 0.1) is 16.7 Å². The van der Waals surface area contributed by atoms with Crippen LogP contribution in [0.2, 0.25) is 0 Å². The summed E-state index contributed by atoms with van der Waals surface area (Å²) in [4.78, 5) is 12.8. The van der Waals surface area contributed by atoms with E-state index in [1.54, 1.807) is 6.08 Å². The molecular formula is C20H24O2. The Kier molecular flexibility index (Phi) is 3.51. The van der Waals surface area contributed by atoms with Crippen molar-refractivity contribution in [2.24, 2.45) is 16.7 Å². The molecule has 3 rings (SSSR count). The maximum atomic E-state index is 12.8. The average molecular weight is 296 g/mol. The molecule has 2 aliphatic rings. The number of rotatable bonds is 4. The molecule has 2 unspecified atom stereocenters. The number of benzene rings is 1. The highest BCUT2D eigenvalue weighted by molar-refractivity contribution is 6.07. The van der Waals surface area contributed by atoms with Crippen molar-refractivity contribution in [3.63, 3.8) is 0 Å². The van der Waals surface area contributed by atoms with E-state index in [0.29, 0.717) is 18.3 Å². The Morgan fingerprint density at radius 3 is 2.50 bits per heavy atom. The van der Waals surface area contributed by atoms with Gasteiger partial charge in [0.05, 0.1) is 0 Å². The number of ketones is 1.